The first-order chi connectivity index (χ1) is 11.7. The molecular formula is C16H20N6O2. The van der Waals surface area contributed by atoms with Gasteiger partial charge in [-0.15, -0.1) is 10.2 Å². The Morgan fingerprint density at radius 2 is 2.25 bits per heavy atom. The number of nitrogens with zero attached hydrogens (tertiary/aromatic N) is 6. The molecule has 4 rings (SSSR count). The average Bonchev–Trinajstić information content (AvgIpc) is 3.22. The van der Waals surface area contributed by atoms with Gasteiger partial charge in [0.05, 0.1) is 18.9 Å². The van der Waals surface area contributed by atoms with Crippen molar-refractivity contribution in [2.75, 3.05) is 19.8 Å². The predicted octanol–water partition coefficient (Wildman–Crippen LogP) is 1.81. The van der Waals surface area contributed by atoms with Crippen LogP contribution in [0.4, 0.5) is 0 Å². The van der Waals surface area contributed by atoms with E-state index in [1.807, 2.05) is 36.7 Å². The summed E-state index contributed by atoms with van der Waals surface area (Å²) in [6.45, 7) is 6.80. The van der Waals surface area contributed by atoms with Gasteiger partial charge in [-0.05, 0) is 6.07 Å². The van der Waals surface area contributed by atoms with E-state index in [1.165, 1.54) is 0 Å². The lowest BCUT2D eigenvalue weighted by atomic mass is 10.2. The quantitative estimate of drug-likeness (QED) is 0.722. The summed E-state index contributed by atoms with van der Waals surface area (Å²) in [5, 5.41) is 8.36. The molecular weight excluding hydrogens is 308 g/mol. The second kappa shape index (κ2) is 6.29. The predicted molar refractivity (Wildman–Crippen MR) is 85.3 cm³/mol. The largest absolute Gasteiger partial charge is 0.423 e. The van der Waals surface area contributed by atoms with Gasteiger partial charge in [-0.2, -0.15) is 0 Å². The molecule has 1 unspecified atom stereocenters. The smallest absolute Gasteiger partial charge is 0.236 e. The average molecular weight is 328 g/mol. The zero-order valence-corrected chi connectivity index (χ0v) is 13.8. The van der Waals surface area contributed by atoms with E-state index < -0.39 is 0 Å². The molecule has 1 aliphatic rings. The van der Waals surface area contributed by atoms with E-state index >= 15 is 0 Å². The first-order valence-electron chi connectivity index (χ1n) is 8.14. The van der Waals surface area contributed by atoms with Crippen LogP contribution < -0.4 is 0 Å². The number of ether oxygens (including phenoxy) is 1. The van der Waals surface area contributed by atoms with E-state index in [1.54, 1.807) is 6.20 Å². The van der Waals surface area contributed by atoms with Gasteiger partial charge in [-0.25, -0.2) is 9.97 Å². The molecule has 1 aliphatic heterocycles. The summed E-state index contributed by atoms with van der Waals surface area (Å²) in [4.78, 5) is 11.1. The highest BCUT2D eigenvalue weighted by molar-refractivity contribution is 5.29. The molecule has 126 valence electrons. The van der Waals surface area contributed by atoms with Crippen molar-refractivity contribution >= 4 is 5.78 Å². The van der Waals surface area contributed by atoms with Crippen molar-refractivity contribution < 1.29 is 9.15 Å². The highest BCUT2D eigenvalue weighted by atomic mass is 16.5. The van der Waals surface area contributed by atoms with Gasteiger partial charge < -0.3 is 9.15 Å². The molecule has 8 heteroatoms. The topological polar surface area (TPSA) is 81.6 Å². The van der Waals surface area contributed by atoms with Crippen molar-refractivity contribution in [3.63, 3.8) is 0 Å². The Morgan fingerprint density at radius 1 is 1.33 bits per heavy atom. The fraction of sp³-hybridized carbons (Fsp3) is 0.500. The van der Waals surface area contributed by atoms with Crippen molar-refractivity contribution in [2.45, 2.75) is 32.4 Å². The molecule has 0 spiro atoms. The maximum Gasteiger partial charge on any atom is 0.236 e. The zero-order valence-electron chi connectivity index (χ0n) is 13.8. The van der Waals surface area contributed by atoms with Crippen LogP contribution in [0.15, 0.2) is 29.1 Å². The Labute approximate surface area is 139 Å². The Hall–Kier alpha value is -2.32. The first kappa shape index (κ1) is 15.2. The van der Waals surface area contributed by atoms with Gasteiger partial charge in [-0.3, -0.25) is 9.30 Å². The van der Waals surface area contributed by atoms with Crippen LogP contribution in [-0.2, 0) is 11.3 Å². The number of hydrogen-bond donors (Lipinski definition) is 0. The van der Waals surface area contributed by atoms with Crippen LogP contribution >= 0.6 is 0 Å². The van der Waals surface area contributed by atoms with E-state index in [-0.39, 0.29) is 12.0 Å². The highest BCUT2D eigenvalue weighted by Crippen LogP contribution is 2.26. The maximum absolute atomic E-state index is 5.83. The van der Waals surface area contributed by atoms with Crippen molar-refractivity contribution in [1.82, 2.24) is 29.5 Å². The summed E-state index contributed by atoms with van der Waals surface area (Å²) in [6.07, 6.45) is 5.69. The van der Waals surface area contributed by atoms with Gasteiger partial charge >= 0.3 is 0 Å². The van der Waals surface area contributed by atoms with Gasteiger partial charge in [0.1, 0.15) is 6.04 Å². The van der Waals surface area contributed by atoms with E-state index in [2.05, 4.69) is 25.1 Å². The van der Waals surface area contributed by atoms with Crippen molar-refractivity contribution in [3.05, 3.63) is 42.1 Å². The number of fused-ring (bicyclic) bond motifs is 1. The lowest BCUT2D eigenvalue weighted by molar-refractivity contribution is -0.0231. The molecule has 24 heavy (non-hydrogen) atoms. The summed E-state index contributed by atoms with van der Waals surface area (Å²) in [5.74, 6) is 2.19. The van der Waals surface area contributed by atoms with E-state index in [4.69, 9.17) is 9.15 Å². The molecule has 0 saturated carbocycles. The fourth-order valence-electron chi connectivity index (χ4n) is 2.83. The standard InChI is InChI=1S/C16H20N6O2/c1-11(2)14-19-20-15(24-14)13-10-23-7-6-21(13)8-12-9-22-5-3-4-17-16(22)18-12/h3-5,9,11,13H,6-8,10H2,1-2H3. The third-order valence-corrected chi connectivity index (χ3v) is 4.13. The fourth-order valence-corrected chi connectivity index (χ4v) is 2.83. The van der Waals surface area contributed by atoms with Crippen LogP contribution in [0.3, 0.4) is 0 Å². The second-order valence-corrected chi connectivity index (χ2v) is 6.25. The third-order valence-electron chi connectivity index (χ3n) is 4.13. The summed E-state index contributed by atoms with van der Waals surface area (Å²) >= 11 is 0. The van der Waals surface area contributed by atoms with Gasteiger partial charge in [0, 0.05) is 37.6 Å². The molecule has 0 radical (unpaired) electrons. The van der Waals surface area contributed by atoms with Crippen LogP contribution in [0.25, 0.3) is 5.78 Å². The molecule has 0 amide bonds. The summed E-state index contributed by atoms with van der Waals surface area (Å²) in [7, 11) is 0. The SMILES string of the molecule is CC(C)c1nnc(C2COCCN2Cc2cn3cccnc3n2)o1. The molecule has 3 aromatic rings. The number of imidazole rings is 1. The minimum Gasteiger partial charge on any atom is -0.423 e. The normalized spacial score (nSPS) is 19.4. The van der Waals surface area contributed by atoms with Crippen LogP contribution in [0, 0.1) is 0 Å². The number of hydrogen-bond acceptors (Lipinski definition) is 7. The van der Waals surface area contributed by atoms with Crippen molar-refractivity contribution in [2.24, 2.45) is 0 Å². The Kier molecular flexibility index (Phi) is 3.99. The number of rotatable bonds is 4. The van der Waals surface area contributed by atoms with E-state index in [0.29, 0.717) is 37.3 Å². The van der Waals surface area contributed by atoms with Gasteiger partial charge in [0.15, 0.2) is 0 Å². The maximum atomic E-state index is 5.83. The van der Waals surface area contributed by atoms with Gasteiger partial charge in [-0.1, -0.05) is 13.8 Å². The molecule has 0 aliphatic carbocycles. The summed E-state index contributed by atoms with van der Waals surface area (Å²) in [6, 6.07) is 1.85. The molecule has 3 aromatic heterocycles. The molecule has 4 heterocycles. The number of aromatic nitrogens is 5. The van der Waals surface area contributed by atoms with Crippen LogP contribution in [0.2, 0.25) is 0 Å². The minimum absolute atomic E-state index is 0.0449. The Bertz CT molecular complexity index is 794. The molecule has 0 N–H and O–H groups in total. The minimum atomic E-state index is -0.0449. The monoisotopic (exact) mass is 328 g/mol. The summed E-state index contributed by atoms with van der Waals surface area (Å²) in [5.41, 5.74) is 0.962. The first-order valence-corrected chi connectivity index (χ1v) is 8.14. The van der Waals surface area contributed by atoms with Crippen LogP contribution in [0.1, 0.15) is 43.3 Å². The van der Waals surface area contributed by atoms with Crippen molar-refractivity contribution in [3.8, 4) is 0 Å². The highest BCUT2D eigenvalue weighted by Gasteiger charge is 2.30. The van der Waals surface area contributed by atoms with Crippen LogP contribution in [-0.4, -0.2) is 49.2 Å². The third kappa shape index (κ3) is 2.90. The number of morpholine rings is 1. The van der Waals surface area contributed by atoms with Crippen LogP contribution in [0.5, 0.6) is 0 Å². The van der Waals surface area contributed by atoms with Gasteiger partial charge in [0.2, 0.25) is 17.6 Å². The zero-order chi connectivity index (χ0) is 16.5. The molecule has 1 fully saturated rings. The van der Waals surface area contributed by atoms with Gasteiger partial charge in [0.25, 0.3) is 0 Å². The Morgan fingerprint density at radius 3 is 3.04 bits per heavy atom. The molecule has 0 bridgehead atoms. The lowest BCUT2D eigenvalue weighted by Gasteiger charge is -2.32. The molecule has 0 aromatic carbocycles. The lowest BCUT2D eigenvalue weighted by Crippen LogP contribution is -2.39. The molecule has 8 nitrogen and oxygen atoms in total. The summed E-state index contributed by atoms with van der Waals surface area (Å²) < 4.78 is 13.4. The van der Waals surface area contributed by atoms with E-state index in [9.17, 15) is 0 Å². The van der Waals surface area contributed by atoms with E-state index in [0.717, 1.165) is 12.2 Å². The van der Waals surface area contributed by atoms with Crippen molar-refractivity contribution in [1.29, 1.82) is 0 Å². The molecule has 1 saturated heterocycles. The second-order valence-electron chi connectivity index (χ2n) is 6.25. The Balaban J connectivity index is 1.57. The molecule has 1 atom stereocenters.